The van der Waals surface area contributed by atoms with E-state index in [0.717, 1.165) is 5.52 Å². The second-order valence-electron chi connectivity index (χ2n) is 3.99. The molecule has 0 unspecified atom stereocenters. The molecule has 2 aromatic heterocycles. The first-order valence-electron chi connectivity index (χ1n) is 5.77. The number of benzene rings is 1. The predicted octanol–water partition coefficient (Wildman–Crippen LogP) is 3.68. The standard InChI is InChI=1S/C13H9F2N3OS/c14-12(15)19-10-6-2-1-5-9(10)18-11-8(17-13(18)20)4-3-7-16-11/h1-7,12H,(H,17,20). The van der Waals surface area contributed by atoms with Crippen LogP contribution in [0.1, 0.15) is 0 Å². The molecule has 0 spiro atoms. The van der Waals surface area contributed by atoms with Crippen molar-refractivity contribution in [2.75, 3.05) is 0 Å². The van der Waals surface area contributed by atoms with Gasteiger partial charge in [-0.05, 0) is 36.5 Å². The minimum absolute atomic E-state index is 0.0464. The van der Waals surface area contributed by atoms with Gasteiger partial charge in [-0.2, -0.15) is 8.78 Å². The molecule has 0 atom stereocenters. The van der Waals surface area contributed by atoms with E-state index in [1.807, 2.05) is 6.07 Å². The van der Waals surface area contributed by atoms with E-state index in [9.17, 15) is 8.78 Å². The van der Waals surface area contributed by atoms with Crippen molar-refractivity contribution in [2.24, 2.45) is 0 Å². The largest absolute Gasteiger partial charge is 0.433 e. The van der Waals surface area contributed by atoms with E-state index in [-0.39, 0.29) is 5.75 Å². The maximum atomic E-state index is 12.5. The van der Waals surface area contributed by atoms with E-state index >= 15 is 0 Å². The van der Waals surface area contributed by atoms with Gasteiger partial charge in [0.2, 0.25) is 0 Å². The second kappa shape index (κ2) is 5.01. The topological polar surface area (TPSA) is 42.8 Å². The van der Waals surface area contributed by atoms with Crippen LogP contribution in [-0.2, 0) is 0 Å². The van der Waals surface area contributed by atoms with Gasteiger partial charge in [0, 0.05) is 6.20 Å². The molecule has 0 saturated carbocycles. The quantitative estimate of drug-likeness (QED) is 0.749. The molecule has 0 bridgehead atoms. The molecule has 4 nitrogen and oxygen atoms in total. The Bertz CT molecular complexity index is 812. The lowest BCUT2D eigenvalue weighted by Gasteiger charge is -2.11. The molecular weight excluding hydrogens is 284 g/mol. The van der Waals surface area contributed by atoms with Crippen LogP contribution in [0, 0.1) is 4.77 Å². The zero-order valence-corrected chi connectivity index (χ0v) is 10.9. The van der Waals surface area contributed by atoms with Gasteiger partial charge in [-0.3, -0.25) is 4.57 Å². The van der Waals surface area contributed by atoms with E-state index in [0.29, 0.717) is 16.1 Å². The molecule has 7 heteroatoms. The maximum Gasteiger partial charge on any atom is 0.387 e. The summed E-state index contributed by atoms with van der Waals surface area (Å²) in [5, 5.41) is 0. The van der Waals surface area contributed by atoms with Crippen LogP contribution in [0.5, 0.6) is 5.75 Å². The number of para-hydroxylation sites is 2. The molecule has 0 fully saturated rings. The normalized spacial score (nSPS) is 11.2. The number of pyridine rings is 1. The van der Waals surface area contributed by atoms with Crippen molar-refractivity contribution in [3.63, 3.8) is 0 Å². The molecular formula is C13H9F2N3OS. The monoisotopic (exact) mass is 293 g/mol. The van der Waals surface area contributed by atoms with Crippen molar-refractivity contribution in [2.45, 2.75) is 6.61 Å². The number of H-pyrrole nitrogens is 1. The number of nitrogens with one attached hydrogen (secondary N) is 1. The van der Waals surface area contributed by atoms with E-state index < -0.39 is 6.61 Å². The lowest BCUT2D eigenvalue weighted by molar-refractivity contribution is -0.0498. The smallest absolute Gasteiger partial charge is 0.387 e. The van der Waals surface area contributed by atoms with Crippen molar-refractivity contribution in [3.8, 4) is 11.4 Å². The van der Waals surface area contributed by atoms with Gasteiger partial charge >= 0.3 is 6.61 Å². The molecule has 1 aromatic carbocycles. The van der Waals surface area contributed by atoms with Crippen LogP contribution in [0.25, 0.3) is 16.9 Å². The molecule has 2 heterocycles. The van der Waals surface area contributed by atoms with E-state index in [2.05, 4.69) is 14.7 Å². The summed E-state index contributed by atoms with van der Waals surface area (Å²) in [4.78, 5) is 7.20. The molecule has 20 heavy (non-hydrogen) atoms. The van der Waals surface area contributed by atoms with Gasteiger partial charge in [-0.15, -0.1) is 0 Å². The Morgan fingerprint density at radius 1 is 1.20 bits per heavy atom. The van der Waals surface area contributed by atoms with Crippen LogP contribution in [0.2, 0.25) is 0 Å². The molecule has 102 valence electrons. The Balaban J connectivity index is 2.26. The van der Waals surface area contributed by atoms with Crippen molar-refractivity contribution in [1.82, 2.24) is 14.5 Å². The van der Waals surface area contributed by atoms with E-state index in [1.165, 1.54) is 6.07 Å². The highest BCUT2D eigenvalue weighted by atomic mass is 32.1. The van der Waals surface area contributed by atoms with Gasteiger partial charge in [0.1, 0.15) is 5.75 Å². The molecule has 0 amide bonds. The zero-order chi connectivity index (χ0) is 14.1. The number of ether oxygens (including phenoxy) is 1. The Kier molecular flexibility index (Phi) is 3.19. The number of aromatic nitrogens is 3. The summed E-state index contributed by atoms with van der Waals surface area (Å²) in [6.45, 7) is -2.90. The highest BCUT2D eigenvalue weighted by Gasteiger charge is 2.14. The third-order valence-electron chi connectivity index (χ3n) is 2.77. The minimum Gasteiger partial charge on any atom is -0.433 e. The molecule has 0 aliphatic carbocycles. The van der Waals surface area contributed by atoms with Crippen LogP contribution < -0.4 is 4.74 Å². The third kappa shape index (κ3) is 2.16. The number of alkyl halides is 2. The first-order chi connectivity index (χ1) is 9.66. The summed E-state index contributed by atoms with van der Waals surface area (Å²) in [7, 11) is 0. The van der Waals surface area contributed by atoms with Gasteiger partial charge in [0.05, 0.1) is 11.2 Å². The number of nitrogens with zero attached hydrogens (tertiary/aromatic N) is 2. The molecule has 3 rings (SSSR count). The van der Waals surface area contributed by atoms with Crippen molar-refractivity contribution < 1.29 is 13.5 Å². The average molecular weight is 293 g/mol. The Morgan fingerprint density at radius 2 is 2.00 bits per heavy atom. The SMILES string of the molecule is FC(F)Oc1ccccc1-n1c(=S)[nH]c2cccnc21. The van der Waals surface area contributed by atoms with Crippen molar-refractivity contribution >= 4 is 23.4 Å². The maximum absolute atomic E-state index is 12.5. The number of hydrogen-bond acceptors (Lipinski definition) is 3. The highest BCUT2D eigenvalue weighted by molar-refractivity contribution is 7.71. The molecule has 0 radical (unpaired) electrons. The lowest BCUT2D eigenvalue weighted by Crippen LogP contribution is -2.06. The first-order valence-corrected chi connectivity index (χ1v) is 6.17. The van der Waals surface area contributed by atoms with Gasteiger partial charge < -0.3 is 9.72 Å². The Morgan fingerprint density at radius 3 is 2.80 bits per heavy atom. The van der Waals surface area contributed by atoms with Crippen LogP contribution in [0.15, 0.2) is 42.6 Å². The minimum atomic E-state index is -2.90. The summed E-state index contributed by atoms with van der Waals surface area (Å²) in [5.74, 6) is 0.0464. The Hall–Kier alpha value is -2.28. The van der Waals surface area contributed by atoms with Crippen LogP contribution in [0.3, 0.4) is 0 Å². The fraction of sp³-hybridized carbons (Fsp3) is 0.0769. The van der Waals surface area contributed by atoms with Gasteiger partial charge in [-0.25, -0.2) is 4.98 Å². The number of aromatic amines is 1. The molecule has 1 N–H and O–H groups in total. The molecule has 0 saturated heterocycles. The summed E-state index contributed by atoms with van der Waals surface area (Å²) < 4.78 is 31.4. The number of halogens is 2. The summed E-state index contributed by atoms with van der Waals surface area (Å²) in [6, 6.07) is 10.0. The molecule has 0 aliphatic rings. The second-order valence-corrected chi connectivity index (χ2v) is 4.37. The van der Waals surface area contributed by atoms with Crippen LogP contribution >= 0.6 is 12.2 Å². The van der Waals surface area contributed by atoms with Crippen molar-refractivity contribution in [3.05, 3.63) is 47.4 Å². The Labute approximate surface area is 117 Å². The molecule has 0 aliphatic heterocycles. The van der Waals surface area contributed by atoms with Crippen LogP contribution in [0.4, 0.5) is 8.78 Å². The zero-order valence-electron chi connectivity index (χ0n) is 10.1. The summed E-state index contributed by atoms with van der Waals surface area (Å²) in [5.41, 5.74) is 1.70. The average Bonchev–Trinajstić information content (AvgIpc) is 2.75. The first kappa shape index (κ1) is 12.7. The third-order valence-corrected chi connectivity index (χ3v) is 3.05. The molecule has 3 aromatic rings. The summed E-state index contributed by atoms with van der Waals surface area (Å²) in [6.07, 6.45) is 1.61. The van der Waals surface area contributed by atoms with E-state index in [4.69, 9.17) is 12.2 Å². The number of hydrogen-bond donors (Lipinski definition) is 1. The number of fused-ring (bicyclic) bond motifs is 1. The van der Waals surface area contributed by atoms with E-state index in [1.54, 1.807) is 35.0 Å². The fourth-order valence-corrected chi connectivity index (χ4v) is 2.30. The predicted molar refractivity (Wildman–Crippen MR) is 72.9 cm³/mol. The fourth-order valence-electron chi connectivity index (χ4n) is 2.00. The number of rotatable bonds is 3. The highest BCUT2D eigenvalue weighted by Crippen LogP contribution is 2.27. The van der Waals surface area contributed by atoms with Gasteiger partial charge in [0.15, 0.2) is 10.4 Å². The summed E-state index contributed by atoms with van der Waals surface area (Å²) >= 11 is 5.23. The van der Waals surface area contributed by atoms with Gasteiger partial charge in [-0.1, -0.05) is 12.1 Å². The van der Waals surface area contributed by atoms with Crippen molar-refractivity contribution in [1.29, 1.82) is 0 Å². The lowest BCUT2D eigenvalue weighted by atomic mass is 10.3. The van der Waals surface area contributed by atoms with Gasteiger partial charge in [0.25, 0.3) is 0 Å². The number of imidazole rings is 1. The van der Waals surface area contributed by atoms with Crippen LogP contribution in [-0.4, -0.2) is 21.1 Å².